The van der Waals surface area contributed by atoms with Crippen molar-refractivity contribution in [3.8, 4) is 0 Å². The van der Waals surface area contributed by atoms with Crippen LogP contribution in [0.3, 0.4) is 0 Å². The molecular formula is C31H56NO10P. The predicted molar refractivity (Wildman–Crippen MR) is 166 cm³/mol. The number of esters is 1. The minimum absolute atomic E-state index is 0.120. The van der Waals surface area contributed by atoms with Gasteiger partial charge < -0.3 is 25.2 Å². The van der Waals surface area contributed by atoms with Gasteiger partial charge in [-0.2, -0.15) is 0 Å². The van der Waals surface area contributed by atoms with Crippen LogP contribution < -0.4 is 5.32 Å². The number of aliphatic hydroxyl groups excluding tert-OH is 1. The number of ether oxygens (including phenoxy) is 1. The van der Waals surface area contributed by atoms with Crippen LogP contribution in [0, 0.1) is 0 Å². The first-order valence-corrected chi connectivity index (χ1v) is 17.4. The highest BCUT2D eigenvalue weighted by Crippen LogP contribution is 2.43. The van der Waals surface area contributed by atoms with Crippen molar-refractivity contribution in [3.05, 3.63) is 24.3 Å². The van der Waals surface area contributed by atoms with E-state index in [0.717, 1.165) is 38.5 Å². The summed E-state index contributed by atoms with van der Waals surface area (Å²) in [4.78, 5) is 44.6. The Morgan fingerprint density at radius 3 is 1.91 bits per heavy atom. The Labute approximate surface area is 258 Å². The molecule has 0 aliphatic heterocycles. The number of phosphoric acid groups is 1. The van der Waals surface area contributed by atoms with Gasteiger partial charge in [-0.05, 0) is 44.9 Å². The van der Waals surface area contributed by atoms with Gasteiger partial charge in [0.2, 0.25) is 5.91 Å². The lowest BCUT2D eigenvalue weighted by Gasteiger charge is -2.18. The molecule has 0 aromatic rings. The van der Waals surface area contributed by atoms with Gasteiger partial charge in [0, 0.05) is 12.8 Å². The molecule has 0 saturated heterocycles. The standard InChI is InChI=1S/C31H56NO10P/c1-3-5-7-8-9-10-11-12-13-14-15-16-17-18-19-20-21-23-30(35)40-24-27(33)25-41-43(38,39)42-26-28(31(36)37)32-29(34)22-6-4-2/h9-10,12-13,27-28,33H,3-8,11,14-26H2,1-2H3,(H,32,34)(H,36,37)(H,38,39)/b10-9-,13-12-. The lowest BCUT2D eigenvalue weighted by molar-refractivity contribution is -0.147. The first kappa shape index (κ1) is 41.0. The number of aliphatic hydroxyl groups is 1. The SMILES string of the molecule is CCCCC/C=C\C/C=C\CCCCCCCCCC(=O)OCC(O)COP(=O)(O)OCC(NC(=O)CCCC)C(=O)O. The Kier molecular flexibility index (Phi) is 26.2. The Morgan fingerprint density at radius 2 is 1.30 bits per heavy atom. The largest absolute Gasteiger partial charge is 0.480 e. The third kappa shape index (κ3) is 27.3. The number of carboxylic acids is 1. The number of unbranched alkanes of at least 4 members (excludes halogenated alkanes) is 11. The monoisotopic (exact) mass is 633 g/mol. The van der Waals surface area contributed by atoms with Gasteiger partial charge in [-0.25, -0.2) is 9.36 Å². The average molecular weight is 634 g/mol. The molecule has 0 spiro atoms. The zero-order valence-corrected chi connectivity index (χ0v) is 27.1. The van der Waals surface area contributed by atoms with Crippen LogP contribution in [0.25, 0.3) is 0 Å². The molecule has 11 nitrogen and oxygen atoms in total. The van der Waals surface area contributed by atoms with Crippen LogP contribution in [0.4, 0.5) is 0 Å². The van der Waals surface area contributed by atoms with E-state index < -0.39 is 57.6 Å². The molecule has 0 bridgehead atoms. The van der Waals surface area contributed by atoms with Crippen LogP contribution in [0.2, 0.25) is 0 Å². The summed E-state index contributed by atoms with van der Waals surface area (Å²) in [6.07, 6.45) is 23.7. The Bertz CT molecular complexity index is 848. The topological polar surface area (TPSA) is 169 Å². The molecule has 3 unspecified atom stereocenters. The van der Waals surface area contributed by atoms with E-state index >= 15 is 0 Å². The maximum Gasteiger partial charge on any atom is 0.472 e. The molecule has 1 amide bonds. The molecular weight excluding hydrogens is 577 g/mol. The van der Waals surface area contributed by atoms with Crippen LogP contribution in [0.1, 0.15) is 123 Å². The zero-order chi connectivity index (χ0) is 32.2. The van der Waals surface area contributed by atoms with Crippen molar-refractivity contribution in [2.45, 2.75) is 135 Å². The Morgan fingerprint density at radius 1 is 0.744 bits per heavy atom. The third-order valence-electron chi connectivity index (χ3n) is 6.49. The summed E-state index contributed by atoms with van der Waals surface area (Å²) in [5.74, 6) is -2.43. The molecule has 3 atom stereocenters. The lowest BCUT2D eigenvalue weighted by Crippen LogP contribution is -2.43. The van der Waals surface area contributed by atoms with Crippen molar-refractivity contribution in [2.75, 3.05) is 19.8 Å². The summed E-state index contributed by atoms with van der Waals surface area (Å²) in [5.41, 5.74) is 0. The van der Waals surface area contributed by atoms with E-state index in [4.69, 9.17) is 4.74 Å². The second-order valence-electron chi connectivity index (χ2n) is 10.6. The predicted octanol–water partition coefficient (Wildman–Crippen LogP) is 6.38. The van der Waals surface area contributed by atoms with Gasteiger partial charge in [-0.3, -0.25) is 18.6 Å². The zero-order valence-electron chi connectivity index (χ0n) is 26.3. The van der Waals surface area contributed by atoms with Crippen molar-refractivity contribution in [2.24, 2.45) is 0 Å². The molecule has 0 fully saturated rings. The van der Waals surface area contributed by atoms with Crippen LogP contribution >= 0.6 is 7.82 Å². The summed E-state index contributed by atoms with van der Waals surface area (Å²) >= 11 is 0. The van der Waals surface area contributed by atoms with Gasteiger partial charge in [0.15, 0.2) is 6.04 Å². The van der Waals surface area contributed by atoms with Crippen molar-refractivity contribution in [1.29, 1.82) is 0 Å². The van der Waals surface area contributed by atoms with E-state index in [-0.39, 0.29) is 12.8 Å². The summed E-state index contributed by atoms with van der Waals surface area (Å²) in [6, 6.07) is -1.54. The highest BCUT2D eigenvalue weighted by atomic mass is 31.2. The van der Waals surface area contributed by atoms with Gasteiger partial charge in [-0.15, -0.1) is 0 Å². The van der Waals surface area contributed by atoms with Crippen LogP contribution in [-0.2, 0) is 32.7 Å². The molecule has 0 saturated carbocycles. The van der Waals surface area contributed by atoms with Crippen molar-refractivity contribution in [1.82, 2.24) is 5.32 Å². The molecule has 0 radical (unpaired) electrons. The van der Waals surface area contributed by atoms with Crippen molar-refractivity contribution < 1.29 is 47.8 Å². The molecule has 43 heavy (non-hydrogen) atoms. The van der Waals surface area contributed by atoms with E-state index in [0.29, 0.717) is 12.8 Å². The number of amides is 1. The fraction of sp³-hybridized carbons (Fsp3) is 0.774. The number of hydrogen-bond donors (Lipinski definition) is 4. The Balaban J connectivity index is 3.85. The van der Waals surface area contributed by atoms with Crippen molar-refractivity contribution >= 4 is 25.7 Å². The van der Waals surface area contributed by atoms with Gasteiger partial charge >= 0.3 is 19.8 Å². The number of hydrogen-bond acceptors (Lipinski definition) is 8. The highest BCUT2D eigenvalue weighted by molar-refractivity contribution is 7.47. The minimum atomic E-state index is -4.72. The van der Waals surface area contributed by atoms with Crippen LogP contribution in [0.15, 0.2) is 24.3 Å². The maximum absolute atomic E-state index is 12.0. The quantitative estimate of drug-likeness (QED) is 0.0314. The number of nitrogens with one attached hydrogen (secondary N) is 1. The van der Waals surface area contributed by atoms with Gasteiger partial charge in [0.25, 0.3) is 0 Å². The van der Waals surface area contributed by atoms with Crippen LogP contribution in [0.5, 0.6) is 0 Å². The van der Waals surface area contributed by atoms with Gasteiger partial charge in [0.05, 0.1) is 13.2 Å². The van der Waals surface area contributed by atoms with E-state index in [2.05, 4.69) is 45.6 Å². The summed E-state index contributed by atoms with van der Waals surface area (Å²) in [5, 5.41) is 21.3. The molecule has 250 valence electrons. The van der Waals surface area contributed by atoms with E-state index in [1.54, 1.807) is 0 Å². The summed E-state index contributed by atoms with van der Waals surface area (Å²) in [6.45, 7) is 2.19. The number of carbonyl (C=O) groups excluding carboxylic acids is 2. The van der Waals surface area contributed by atoms with Gasteiger partial charge in [0.1, 0.15) is 12.7 Å². The molecule has 4 N–H and O–H groups in total. The molecule has 12 heteroatoms. The number of rotatable bonds is 29. The summed E-state index contributed by atoms with van der Waals surface area (Å²) in [7, 11) is -4.72. The smallest absolute Gasteiger partial charge is 0.472 e. The maximum atomic E-state index is 12.0. The lowest BCUT2D eigenvalue weighted by atomic mass is 10.1. The van der Waals surface area contributed by atoms with E-state index in [1.165, 1.54) is 44.9 Å². The minimum Gasteiger partial charge on any atom is -0.480 e. The average Bonchev–Trinajstić information content (AvgIpc) is 2.97. The molecule has 0 heterocycles. The van der Waals surface area contributed by atoms with Crippen LogP contribution in [-0.4, -0.2) is 64.9 Å². The number of carboxylic acid groups (broad SMARTS) is 1. The van der Waals surface area contributed by atoms with E-state index in [9.17, 15) is 34.1 Å². The fourth-order valence-electron chi connectivity index (χ4n) is 3.91. The molecule has 0 rings (SSSR count). The first-order chi connectivity index (χ1) is 20.6. The van der Waals surface area contributed by atoms with E-state index in [1.807, 2.05) is 6.92 Å². The second-order valence-corrected chi connectivity index (χ2v) is 12.1. The first-order valence-electron chi connectivity index (χ1n) is 15.9. The third-order valence-corrected chi connectivity index (χ3v) is 7.44. The number of aliphatic carboxylic acids is 1. The van der Waals surface area contributed by atoms with Crippen molar-refractivity contribution in [3.63, 3.8) is 0 Å². The second kappa shape index (κ2) is 27.5. The molecule has 0 aliphatic rings. The number of carbonyl (C=O) groups is 3. The fourth-order valence-corrected chi connectivity index (χ4v) is 4.68. The number of allylic oxidation sites excluding steroid dienone is 4. The molecule has 0 aromatic carbocycles. The van der Waals surface area contributed by atoms with Gasteiger partial charge in [-0.1, -0.05) is 89.5 Å². The normalized spacial score (nSPS) is 14.5. The highest BCUT2D eigenvalue weighted by Gasteiger charge is 2.28. The summed E-state index contributed by atoms with van der Waals surface area (Å²) < 4.78 is 26.3. The molecule has 0 aliphatic carbocycles. The number of phosphoric ester groups is 1. The Hall–Kier alpha value is -2.04. The molecule has 0 aromatic heterocycles.